The Morgan fingerprint density at radius 1 is 1.14 bits per heavy atom. The molecule has 0 amide bonds. The molecule has 3 aromatic rings. The molecule has 0 saturated heterocycles. The third-order valence-electron chi connectivity index (χ3n) is 2.89. The van der Waals surface area contributed by atoms with E-state index in [0.717, 1.165) is 12.1 Å². The number of nitrogens with two attached hydrogens (primary N) is 1. The summed E-state index contributed by atoms with van der Waals surface area (Å²) in [6.07, 6.45) is 1.40. The van der Waals surface area contributed by atoms with Crippen LogP contribution in [0.4, 0.5) is 14.7 Å². The third-order valence-corrected chi connectivity index (χ3v) is 2.89. The van der Waals surface area contributed by atoms with Crippen molar-refractivity contribution in [3.8, 4) is 17.1 Å². The molecule has 0 spiro atoms. The molecule has 112 valence electrons. The maximum absolute atomic E-state index is 13.3. The van der Waals surface area contributed by atoms with Crippen molar-refractivity contribution in [3.05, 3.63) is 36.0 Å². The van der Waals surface area contributed by atoms with E-state index < -0.39 is 11.6 Å². The normalized spacial score (nSPS) is 10.9. The van der Waals surface area contributed by atoms with E-state index in [4.69, 9.17) is 10.5 Å². The zero-order valence-corrected chi connectivity index (χ0v) is 11.5. The van der Waals surface area contributed by atoms with Crippen LogP contribution in [0.3, 0.4) is 0 Å². The summed E-state index contributed by atoms with van der Waals surface area (Å²) in [5, 5.41) is 0. The van der Waals surface area contributed by atoms with E-state index in [-0.39, 0.29) is 17.5 Å². The lowest BCUT2D eigenvalue weighted by atomic mass is 10.1. The second-order valence-electron chi connectivity index (χ2n) is 4.38. The molecule has 0 atom stereocenters. The van der Waals surface area contributed by atoms with Crippen LogP contribution in [0.2, 0.25) is 0 Å². The summed E-state index contributed by atoms with van der Waals surface area (Å²) in [5.41, 5.74) is 6.88. The lowest BCUT2D eigenvalue weighted by molar-refractivity contribution is 0.330. The van der Waals surface area contributed by atoms with Gasteiger partial charge in [0, 0.05) is 5.56 Å². The molecule has 2 N–H and O–H groups in total. The Bertz CT molecular complexity index is 856. The fraction of sp³-hybridized carbons (Fsp3) is 0.143. The number of nitrogens with zero attached hydrogens (tertiary/aromatic N) is 4. The Morgan fingerprint density at radius 2 is 1.95 bits per heavy atom. The lowest BCUT2D eigenvalue weighted by Crippen LogP contribution is -2.04. The van der Waals surface area contributed by atoms with Gasteiger partial charge in [0.05, 0.1) is 18.5 Å². The van der Waals surface area contributed by atoms with Crippen LogP contribution in [0, 0.1) is 11.6 Å². The zero-order chi connectivity index (χ0) is 15.7. The van der Waals surface area contributed by atoms with E-state index in [0.29, 0.717) is 23.4 Å². The van der Waals surface area contributed by atoms with Crippen molar-refractivity contribution < 1.29 is 13.5 Å². The van der Waals surface area contributed by atoms with Crippen LogP contribution in [0.5, 0.6) is 5.88 Å². The Labute approximate surface area is 124 Å². The van der Waals surface area contributed by atoms with Crippen LogP contribution in [-0.4, -0.2) is 26.5 Å². The minimum Gasteiger partial charge on any atom is -0.476 e. The maximum Gasteiger partial charge on any atom is 0.247 e. The first-order valence-electron chi connectivity index (χ1n) is 6.47. The van der Waals surface area contributed by atoms with Gasteiger partial charge in [0.15, 0.2) is 22.8 Å². The van der Waals surface area contributed by atoms with Crippen LogP contribution in [0.1, 0.15) is 6.92 Å². The Morgan fingerprint density at radius 3 is 2.68 bits per heavy atom. The highest BCUT2D eigenvalue weighted by Crippen LogP contribution is 2.25. The van der Waals surface area contributed by atoms with Crippen molar-refractivity contribution in [2.45, 2.75) is 6.92 Å². The van der Waals surface area contributed by atoms with Crippen LogP contribution >= 0.6 is 0 Å². The predicted molar refractivity (Wildman–Crippen MR) is 76.1 cm³/mol. The number of nitrogen functional groups attached to an aromatic ring is 1. The Hall–Kier alpha value is -2.90. The first kappa shape index (κ1) is 14.1. The number of hydrogen-bond acceptors (Lipinski definition) is 6. The van der Waals surface area contributed by atoms with E-state index >= 15 is 0 Å². The molecule has 0 aliphatic rings. The van der Waals surface area contributed by atoms with E-state index in [9.17, 15) is 8.78 Å². The number of ether oxygens (including phenoxy) is 1. The van der Waals surface area contributed by atoms with Gasteiger partial charge in [0.1, 0.15) is 0 Å². The number of fused-ring (bicyclic) bond motifs is 1. The SMILES string of the molecule is CCOc1nc(N)nc2ncc(-c3ccc(F)c(F)c3)nc12. The first-order chi connectivity index (χ1) is 10.6. The van der Waals surface area contributed by atoms with Crippen molar-refractivity contribution in [3.63, 3.8) is 0 Å². The summed E-state index contributed by atoms with van der Waals surface area (Å²) < 4.78 is 31.7. The molecule has 0 bridgehead atoms. The summed E-state index contributed by atoms with van der Waals surface area (Å²) in [7, 11) is 0. The maximum atomic E-state index is 13.3. The molecule has 0 saturated carbocycles. The molecule has 2 aromatic heterocycles. The molecule has 6 nitrogen and oxygen atoms in total. The fourth-order valence-corrected chi connectivity index (χ4v) is 1.93. The number of aromatic nitrogens is 4. The van der Waals surface area contributed by atoms with Crippen molar-refractivity contribution >= 4 is 17.1 Å². The molecule has 2 heterocycles. The summed E-state index contributed by atoms with van der Waals surface area (Å²) in [4.78, 5) is 16.4. The molecule has 0 fully saturated rings. The zero-order valence-electron chi connectivity index (χ0n) is 11.5. The number of anilines is 1. The monoisotopic (exact) mass is 303 g/mol. The number of benzene rings is 1. The predicted octanol–water partition coefficient (Wildman–Crippen LogP) is 2.35. The van der Waals surface area contributed by atoms with Gasteiger partial charge in [0.25, 0.3) is 0 Å². The van der Waals surface area contributed by atoms with E-state index in [1.165, 1.54) is 12.3 Å². The highest BCUT2D eigenvalue weighted by molar-refractivity contribution is 5.79. The molecule has 22 heavy (non-hydrogen) atoms. The van der Waals surface area contributed by atoms with Crippen LogP contribution < -0.4 is 10.5 Å². The van der Waals surface area contributed by atoms with Gasteiger partial charge >= 0.3 is 0 Å². The quantitative estimate of drug-likeness (QED) is 0.799. The molecule has 0 radical (unpaired) electrons. The van der Waals surface area contributed by atoms with Crippen LogP contribution in [-0.2, 0) is 0 Å². The van der Waals surface area contributed by atoms with Crippen LogP contribution in [0.25, 0.3) is 22.4 Å². The van der Waals surface area contributed by atoms with Crippen molar-refractivity contribution in [1.29, 1.82) is 0 Å². The fourth-order valence-electron chi connectivity index (χ4n) is 1.93. The second-order valence-corrected chi connectivity index (χ2v) is 4.38. The molecule has 3 rings (SSSR count). The average Bonchev–Trinajstić information content (AvgIpc) is 2.50. The molecule has 1 aromatic carbocycles. The van der Waals surface area contributed by atoms with Gasteiger partial charge in [0.2, 0.25) is 11.8 Å². The van der Waals surface area contributed by atoms with Crippen molar-refractivity contribution in [1.82, 2.24) is 19.9 Å². The largest absolute Gasteiger partial charge is 0.476 e. The smallest absolute Gasteiger partial charge is 0.247 e. The third kappa shape index (κ3) is 2.50. The summed E-state index contributed by atoms with van der Waals surface area (Å²) in [6, 6.07) is 3.48. The topological polar surface area (TPSA) is 86.8 Å². The van der Waals surface area contributed by atoms with Crippen LogP contribution in [0.15, 0.2) is 24.4 Å². The highest BCUT2D eigenvalue weighted by Gasteiger charge is 2.13. The van der Waals surface area contributed by atoms with Gasteiger partial charge in [-0.05, 0) is 25.1 Å². The lowest BCUT2D eigenvalue weighted by Gasteiger charge is -2.07. The molecular formula is C14H11F2N5O. The van der Waals surface area contributed by atoms with Gasteiger partial charge in [-0.15, -0.1) is 0 Å². The summed E-state index contributed by atoms with van der Waals surface area (Å²) in [5.74, 6) is -1.67. The summed E-state index contributed by atoms with van der Waals surface area (Å²) >= 11 is 0. The Balaban J connectivity index is 2.17. The number of hydrogen-bond donors (Lipinski definition) is 1. The molecular weight excluding hydrogens is 292 g/mol. The standard InChI is InChI=1S/C14H11F2N5O/c1-2-22-13-11-12(20-14(17)21-13)18-6-10(19-11)7-3-4-8(15)9(16)5-7/h3-6H,2H2,1H3,(H2,17,18,20,21). The van der Waals surface area contributed by atoms with Crippen molar-refractivity contribution in [2.24, 2.45) is 0 Å². The van der Waals surface area contributed by atoms with Crippen molar-refractivity contribution in [2.75, 3.05) is 12.3 Å². The van der Waals surface area contributed by atoms with Gasteiger partial charge < -0.3 is 10.5 Å². The Kier molecular flexibility index (Phi) is 3.50. The first-order valence-corrected chi connectivity index (χ1v) is 6.47. The number of rotatable bonds is 3. The van der Waals surface area contributed by atoms with Gasteiger partial charge in [-0.3, -0.25) is 0 Å². The minimum absolute atomic E-state index is 0.0193. The van der Waals surface area contributed by atoms with Gasteiger partial charge in [-0.1, -0.05) is 0 Å². The second kappa shape index (κ2) is 5.47. The van der Waals surface area contributed by atoms with E-state index in [2.05, 4.69) is 19.9 Å². The molecule has 8 heteroatoms. The minimum atomic E-state index is -0.960. The highest BCUT2D eigenvalue weighted by atomic mass is 19.2. The number of halogens is 2. The molecule has 0 unspecified atom stereocenters. The van der Waals surface area contributed by atoms with Gasteiger partial charge in [-0.2, -0.15) is 9.97 Å². The van der Waals surface area contributed by atoms with E-state index in [1.54, 1.807) is 6.92 Å². The van der Waals surface area contributed by atoms with E-state index in [1.807, 2.05) is 0 Å². The van der Waals surface area contributed by atoms with Gasteiger partial charge in [-0.25, -0.2) is 18.7 Å². The summed E-state index contributed by atoms with van der Waals surface area (Å²) in [6.45, 7) is 2.15. The average molecular weight is 303 g/mol. The molecule has 0 aliphatic carbocycles. The molecule has 0 aliphatic heterocycles.